The van der Waals surface area contributed by atoms with Gasteiger partial charge >= 0.3 is 0 Å². The van der Waals surface area contributed by atoms with Crippen LogP contribution in [0.25, 0.3) is 0 Å². The summed E-state index contributed by atoms with van der Waals surface area (Å²) >= 11 is 8.84. The molecule has 1 N–H and O–H groups in total. The highest BCUT2D eigenvalue weighted by atomic mass is 79.9. The maximum atomic E-state index is 10.7. The fourth-order valence-corrected chi connectivity index (χ4v) is 1.17. The number of hydrogen-bond donors (Lipinski definition) is 1. The molecule has 0 fully saturated rings. The van der Waals surface area contributed by atoms with Crippen LogP contribution >= 0.6 is 27.5 Å². The van der Waals surface area contributed by atoms with Gasteiger partial charge < -0.3 is 5.32 Å². The first-order chi connectivity index (χ1) is 5.59. The zero-order valence-corrected chi connectivity index (χ0v) is 8.61. The maximum absolute atomic E-state index is 10.7. The van der Waals surface area contributed by atoms with Crippen molar-refractivity contribution < 1.29 is 4.79 Å². The summed E-state index contributed by atoms with van der Waals surface area (Å²) in [6, 6.07) is 1.63. The van der Waals surface area contributed by atoms with Gasteiger partial charge in [0.25, 0.3) is 0 Å². The Labute approximate surface area is 83.3 Å². The molecule has 12 heavy (non-hydrogen) atoms. The molecule has 0 saturated carbocycles. The van der Waals surface area contributed by atoms with Crippen molar-refractivity contribution in [3.8, 4) is 0 Å². The molecule has 0 unspecified atom stereocenters. The lowest BCUT2D eigenvalue weighted by atomic mass is 10.4. The Morgan fingerprint density at radius 1 is 1.75 bits per heavy atom. The Bertz CT molecular complexity index is 316. The van der Waals surface area contributed by atoms with E-state index in [0.29, 0.717) is 15.3 Å². The molecule has 3 nitrogen and oxygen atoms in total. The number of rotatable bonds is 1. The van der Waals surface area contributed by atoms with E-state index in [9.17, 15) is 4.79 Å². The van der Waals surface area contributed by atoms with Crippen molar-refractivity contribution >= 4 is 39.1 Å². The lowest BCUT2D eigenvalue weighted by Gasteiger charge is -2.03. The van der Waals surface area contributed by atoms with Crippen molar-refractivity contribution in [2.45, 2.75) is 6.92 Å². The third kappa shape index (κ3) is 2.46. The zero-order chi connectivity index (χ0) is 9.14. The van der Waals surface area contributed by atoms with Crippen molar-refractivity contribution in [3.05, 3.63) is 21.9 Å². The van der Waals surface area contributed by atoms with Crippen LogP contribution in [0.2, 0.25) is 5.02 Å². The Morgan fingerprint density at radius 2 is 2.42 bits per heavy atom. The summed E-state index contributed by atoms with van der Waals surface area (Å²) in [5.41, 5.74) is 0.579. The van der Waals surface area contributed by atoms with Crippen molar-refractivity contribution in [1.29, 1.82) is 0 Å². The number of anilines is 1. The third-order valence-corrected chi connectivity index (χ3v) is 1.96. The molecule has 0 bridgehead atoms. The molecular weight excluding hydrogens is 243 g/mol. The Hall–Kier alpha value is -0.610. The monoisotopic (exact) mass is 248 g/mol. The van der Waals surface area contributed by atoms with E-state index in [4.69, 9.17) is 11.6 Å². The van der Waals surface area contributed by atoms with Crippen LogP contribution in [0, 0.1) is 0 Å². The van der Waals surface area contributed by atoms with Crippen LogP contribution < -0.4 is 5.32 Å². The van der Waals surface area contributed by atoms with Gasteiger partial charge in [0.15, 0.2) is 0 Å². The fraction of sp³-hybridized carbons (Fsp3) is 0.143. The molecule has 1 aromatic rings. The molecule has 0 aromatic carbocycles. The molecule has 1 aromatic heterocycles. The fourth-order valence-electron chi connectivity index (χ4n) is 0.700. The third-order valence-electron chi connectivity index (χ3n) is 1.12. The van der Waals surface area contributed by atoms with Gasteiger partial charge in [-0.15, -0.1) is 0 Å². The van der Waals surface area contributed by atoms with Gasteiger partial charge in [-0.25, -0.2) is 4.98 Å². The first-order valence-electron chi connectivity index (χ1n) is 3.18. The van der Waals surface area contributed by atoms with E-state index in [1.807, 2.05) is 0 Å². The topological polar surface area (TPSA) is 42.0 Å². The molecule has 64 valence electrons. The normalized spacial score (nSPS) is 9.58. The molecule has 0 spiro atoms. The van der Waals surface area contributed by atoms with Gasteiger partial charge in [-0.1, -0.05) is 11.6 Å². The van der Waals surface area contributed by atoms with Gasteiger partial charge in [-0.3, -0.25) is 4.79 Å². The highest BCUT2D eigenvalue weighted by Gasteiger charge is 2.02. The minimum Gasteiger partial charge on any atom is -0.324 e. The SMILES string of the molecule is CC(=O)Nc1cc(Cl)cnc1Br. The lowest BCUT2D eigenvalue weighted by molar-refractivity contribution is -0.114. The van der Waals surface area contributed by atoms with Crippen molar-refractivity contribution in [3.63, 3.8) is 0 Å². The van der Waals surface area contributed by atoms with E-state index in [1.165, 1.54) is 13.1 Å². The smallest absolute Gasteiger partial charge is 0.221 e. The minimum absolute atomic E-state index is 0.153. The first-order valence-corrected chi connectivity index (χ1v) is 4.35. The number of aromatic nitrogens is 1. The van der Waals surface area contributed by atoms with Gasteiger partial charge in [0.2, 0.25) is 5.91 Å². The largest absolute Gasteiger partial charge is 0.324 e. The number of nitrogens with zero attached hydrogens (tertiary/aromatic N) is 1. The second-order valence-corrected chi connectivity index (χ2v) is 3.36. The van der Waals surface area contributed by atoms with Gasteiger partial charge in [0.05, 0.1) is 10.7 Å². The van der Waals surface area contributed by atoms with Gasteiger partial charge in [-0.05, 0) is 22.0 Å². The van der Waals surface area contributed by atoms with Crippen LogP contribution in [0.5, 0.6) is 0 Å². The maximum Gasteiger partial charge on any atom is 0.221 e. The van der Waals surface area contributed by atoms with E-state index >= 15 is 0 Å². The summed E-state index contributed by atoms with van der Waals surface area (Å²) < 4.78 is 0.571. The number of amides is 1. The summed E-state index contributed by atoms with van der Waals surface area (Å²) in [4.78, 5) is 14.6. The van der Waals surface area contributed by atoms with Crippen LogP contribution in [0.1, 0.15) is 6.92 Å². The average molecular weight is 249 g/mol. The Kier molecular flexibility index (Phi) is 3.05. The summed E-state index contributed by atoms with van der Waals surface area (Å²) in [7, 11) is 0. The van der Waals surface area contributed by atoms with Crippen LogP contribution in [0.3, 0.4) is 0 Å². The predicted molar refractivity (Wildman–Crippen MR) is 51.3 cm³/mol. The number of pyridine rings is 1. The van der Waals surface area contributed by atoms with E-state index in [2.05, 4.69) is 26.2 Å². The number of nitrogens with one attached hydrogen (secondary N) is 1. The van der Waals surface area contributed by atoms with E-state index in [-0.39, 0.29) is 5.91 Å². The molecule has 0 radical (unpaired) electrons. The Morgan fingerprint density at radius 3 is 3.00 bits per heavy atom. The van der Waals surface area contributed by atoms with Crippen LogP contribution in [0.4, 0.5) is 5.69 Å². The second-order valence-electron chi connectivity index (χ2n) is 2.17. The number of carbonyl (C=O) groups excluding carboxylic acids is 1. The highest BCUT2D eigenvalue weighted by Crippen LogP contribution is 2.22. The second kappa shape index (κ2) is 3.87. The van der Waals surface area contributed by atoms with Gasteiger partial charge in [-0.2, -0.15) is 0 Å². The summed E-state index contributed by atoms with van der Waals surface area (Å²) in [6.45, 7) is 1.42. The van der Waals surface area contributed by atoms with Gasteiger partial charge in [0.1, 0.15) is 4.60 Å². The lowest BCUT2D eigenvalue weighted by Crippen LogP contribution is -2.06. The van der Waals surface area contributed by atoms with Crippen molar-refractivity contribution in [2.75, 3.05) is 5.32 Å². The molecule has 0 saturated heterocycles. The van der Waals surface area contributed by atoms with Crippen LogP contribution in [-0.4, -0.2) is 10.9 Å². The highest BCUT2D eigenvalue weighted by molar-refractivity contribution is 9.10. The molecule has 0 aliphatic carbocycles. The average Bonchev–Trinajstić information content (AvgIpc) is 1.96. The first kappa shape index (κ1) is 9.48. The number of halogens is 2. The zero-order valence-electron chi connectivity index (χ0n) is 6.27. The molecule has 5 heteroatoms. The van der Waals surface area contributed by atoms with Crippen LogP contribution in [0.15, 0.2) is 16.9 Å². The predicted octanol–water partition coefficient (Wildman–Crippen LogP) is 2.46. The minimum atomic E-state index is -0.153. The quantitative estimate of drug-likeness (QED) is 0.777. The summed E-state index contributed by atoms with van der Waals surface area (Å²) in [5.74, 6) is -0.153. The molecule has 0 aliphatic rings. The van der Waals surface area contributed by atoms with Crippen LogP contribution in [-0.2, 0) is 4.79 Å². The summed E-state index contributed by atoms with van der Waals surface area (Å²) in [5, 5.41) is 3.07. The molecule has 1 rings (SSSR count). The van der Waals surface area contributed by atoms with Crippen molar-refractivity contribution in [1.82, 2.24) is 4.98 Å². The van der Waals surface area contributed by atoms with E-state index in [1.54, 1.807) is 6.07 Å². The van der Waals surface area contributed by atoms with Crippen molar-refractivity contribution in [2.24, 2.45) is 0 Å². The van der Waals surface area contributed by atoms with Gasteiger partial charge in [0, 0.05) is 13.1 Å². The molecule has 1 amide bonds. The standard InChI is InChI=1S/C7H6BrClN2O/c1-4(12)11-6-2-5(9)3-10-7(6)8/h2-3H,1H3,(H,11,12). The number of carbonyl (C=O) groups is 1. The van der Waals surface area contributed by atoms with E-state index < -0.39 is 0 Å². The molecule has 0 aliphatic heterocycles. The molecule has 1 heterocycles. The summed E-state index contributed by atoms with van der Waals surface area (Å²) in [6.07, 6.45) is 1.50. The van der Waals surface area contributed by atoms with E-state index in [0.717, 1.165) is 0 Å². The number of hydrogen-bond acceptors (Lipinski definition) is 2. The molecular formula is C7H6BrClN2O. The Balaban J connectivity index is 2.97. The molecule has 0 atom stereocenters.